The van der Waals surface area contributed by atoms with Gasteiger partial charge in [-0.1, -0.05) is 22.9 Å². The summed E-state index contributed by atoms with van der Waals surface area (Å²) in [4.78, 5) is 6.87. The predicted molar refractivity (Wildman–Crippen MR) is 67.7 cm³/mol. The number of morpholine rings is 1. The van der Waals surface area contributed by atoms with Crippen molar-refractivity contribution in [1.82, 2.24) is 4.98 Å². The highest BCUT2D eigenvalue weighted by atomic mass is 35.5. The molecule has 0 bridgehead atoms. The summed E-state index contributed by atoms with van der Waals surface area (Å²) in [7, 11) is 0. The summed E-state index contributed by atoms with van der Waals surface area (Å²) in [5.41, 5.74) is 0.985. The number of rotatable bonds is 1. The number of nitrogens with zero attached hydrogens (tertiary/aromatic N) is 2. The van der Waals surface area contributed by atoms with Crippen LogP contribution in [0, 0.1) is 0 Å². The molecule has 1 aliphatic rings. The highest BCUT2D eigenvalue weighted by Gasteiger charge is 2.15. The summed E-state index contributed by atoms with van der Waals surface area (Å²) in [6.45, 7) is 3.43. The van der Waals surface area contributed by atoms with E-state index in [4.69, 9.17) is 16.3 Å². The van der Waals surface area contributed by atoms with E-state index in [1.807, 2.05) is 18.2 Å². The Kier molecular flexibility index (Phi) is 2.71. The molecule has 0 aliphatic carbocycles. The van der Waals surface area contributed by atoms with Crippen molar-refractivity contribution in [3.8, 4) is 0 Å². The standard InChI is InChI=1S/C11H11ClN2OS/c12-8-1-2-10-9(7-8)13-11(16-10)14-3-5-15-6-4-14/h1-2,7H,3-6H2. The lowest BCUT2D eigenvalue weighted by molar-refractivity contribution is 0.122. The number of benzene rings is 1. The van der Waals surface area contributed by atoms with Crippen molar-refractivity contribution < 1.29 is 4.74 Å². The molecule has 1 saturated heterocycles. The van der Waals surface area contributed by atoms with Gasteiger partial charge in [0.1, 0.15) is 0 Å². The smallest absolute Gasteiger partial charge is 0.186 e. The third kappa shape index (κ3) is 1.88. The summed E-state index contributed by atoms with van der Waals surface area (Å²) >= 11 is 7.66. The molecule has 1 aromatic carbocycles. The lowest BCUT2D eigenvalue weighted by Crippen LogP contribution is -2.36. The first-order chi connectivity index (χ1) is 7.83. The minimum Gasteiger partial charge on any atom is -0.378 e. The molecule has 84 valence electrons. The fourth-order valence-corrected chi connectivity index (χ4v) is 2.94. The van der Waals surface area contributed by atoms with Crippen molar-refractivity contribution in [3.63, 3.8) is 0 Å². The van der Waals surface area contributed by atoms with Crippen LogP contribution in [0.1, 0.15) is 0 Å². The molecule has 0 amide bonds. The molecule has 0 saturated carbocycles. The van der Waals surface area contributed by atoms with E-state index in [9.17, 15) is 0 Å². The van der Waals surface area contributed by atoms with E-state index in [1.54, 1.807) is 11.3 Å². The fourth-order valence-electron chi connectivity index (χ4n) is 1.78. The van der Waals surface area contributed by atoms with Gasteiger partial charge >= 0.3 is 0 Å². The number of thiazole rings is 1. The Balaban J connectivity index is 1.97. The zero-order valence-corrected chi connectivity index (χ0v) is 10.2. The van der Waals surface area contributed by atoms with E-state index in [2.05, 4.69) is 9.88 Å². The number of aromatic nitrogens is 1. The zero-order valence-electron chi connectivity index (χ0n) is 8.65. The molecule has 3 rings (SSSR count). The lowest BCUT2D eigenvalue weighted by atomic mass is 10.3. The molecule has 0 atom stereocenters. The Bertz CT molecular complexity index is 508. The molecule has 0 N–H and O–H groups in total. The molecular weight excluding hydrogens is 244 g/mol. The third-order valence-corrected chi connectivity index (χ3v) is 3.95. The van der Waals surface area contributed by atoms with Crippen molar-refractivity contribution in [2.75, 3.05) is 31.2 Å². The van der Waals surface area contributed by atoms with Crippen LogP contribution in [0.5, 0.6) is 0 Å². The van der Waals surface area contributed by atoms with Gasteiger partial charge in [0, 0.05) is 18.1 Å². The molecule has 1 aliphatic heterocycles. The van der Waals surface area contributed by atoms with Gasteiger partial charge in [0.2, 0.25) is 0 Å². The molecule has 3 nitrogen and oxygen atoms in total. The molecule has 2 heterocycles. The number of anilines is 1. The Morgan fingerprint density at radius 3 is 2.94 bits per heavy atom. The van der Waals surface area contributed by atoms with E-state index < -0.39 is 0 Å². The van der Waals surface area contributed by atoms with Gasteiger partial charge in [-0.2, -0.15) is 0 Å². The van der Waals surface area contributed by atoms with Crippen molar-refractivity contribution in [2.24, 2.45) is 0 Å². The molecule has 16 heavy (non-hydrogen) atoms. The van der Waals surface area contributed by atoms with Crippen LogP contribution in [0.4, 0.5) is 5.13 Å². The van der Waals surface area contributed by atoms with E-state index >= 15 is 0 Å². The second kappa shape index (κ2) is 4.20. The van der Waals surface area contributed by atoms with Crippen molar-refractivity contribution in [1.29, 1.82) is 0 Å². The average molecular weight is 255 g/mol. The van der Waals surface area contributed by atoms with Gasteiger partial charge in [-0.3, -0.25) is 0 Å². The van der Waals surface area contributed by atoms with Crippen LogP contribution in [0.25, 0.3) is 10.2 Å². The fraction of sp³-hybridized carbons (Fsp3) is 0.364. The molecule has 0 spiro atoms. The quantitative estimate of drug-likeness (QED) is 0.783. The summed E-state index contributed by atoms with van der Waals surface area (Å²) < 4.78 is 6.51. The molecule has 2 aromatic rings. The van der Waals surface area contributed by atoms with Crippen LogP contribution >= 0.6 is 22.9 Å². The second-order valence-electron chi connectivity index (χ2n) is 3.71. The largest absolute Gasteiger partial charge is 0.378 e. The van der Waals surface area contributed by atoms with Gasteiger partial charge in [0.15, 0.2) is 5.13 Å². The number of halogens is 1. The van der Waals surface area contributed by atoms with Gasteiger partial charge in [-0.05, 0) is 18.2 Å². The van der Waals surface area contributed by atoms with E-state index in [0.717, 1.165) is 42.0 Å². The van der Waals surface area contributed by atoms with E-state index in [-0.39, 0.29) is 0 Å². The van der Waals surface area contributed by atoms with Crippen LogP contribution < -0.4 is 4.90 Å². The zero-order chi connectivity index (χ0) is 11.0. The van der Waals surface area contributed by atoms with E-state index in [0.29, 0.717) is 0 Å². The number of ether oxygens (including phenoxy) is 1. The predicted octanol–water partition coefficient (Wildman–Crippen LogP) is 2.79. The lowest BCUT2D eigenvalue weighted by Gasteiger charge is -2.25. The van der Waals surface area contributed by atoms with Gasteiger partial charge in [-0.15, -0.1) is 0 Å². The van der Waals surface area contributed by atoms with Crippen LogP contribution in [-0.2, 0) is 4.74 Å². The van der Waals surface area contributed by atoms with Crippen molar-refractivity contribution >= 4 is 38.3 Å². The van der Waals surface area contributed by atoms with Gasteiger partial charge in [0.25, 0.3) is 0 Å². The Hall–Kier alpha value is -0.840. The Morgan fingerprint density at radius 2 is 2.12 bits per heavy atom. The minimum atomic E-state index is 0.742. The third-order valence-electron chi connectivity index (χ3n) is 2.62. The van der Waals surface area contributed by atoms with Crippen molar-refractivity contribution in [2.45, 2.75) is 0 Å². The first-order valence-electron chi connectivity index (χ1n) is 5.22. The summed E-state index contributed by atoms with van der Waals surface area (Å²) in [6, 6.07) is 5.85. The maximum atomic E-state index is 5.94. The van der Waals surface area contributed by atoms with Crippen LogP contribution in [0.15, 0.2) is 18.2 Å². The number of hydrogen-bond donors (Lipinski definition) is 0. The summed E-state index contributed by atoms with van der Waals surface area (Å²) in [6.07, 6.45) is 0. The van der Waals surface area contributed by atoms with Gasteiger partial charge in [0.05, 0.1) is 23.4 Å². The normalized spacial score (nSPS) is 16.9. The van der Waals surface area contributed by atoms with Crippen molar-refractivity contribution in [3.05, 3.63) is 23.2 Å². The first kappa shape index (κ1) is 10.3. The second-order valence-corrected chi connectivity index (χ2v) is 5.15. The van der Waals surface area contributed by atoms with Crippen LogP contribution in [0.2, 0.25) is 5.02 Å². The minimum absolute atomic E-state index is 0.742. The molecule has 5 heteroatoms. The molecule has 0 radical (unpaired) electrons. The maximum absolute atomic E-state index is 5.94. The molecule has 1 aromatic heterocycles. The van der Waals surface area contributed by atoms with Gasteiger partial charge in [-0.25, -0.2) is 4.98 Å². The number of fused-ring (bicyclic) bond motifs is 1. The van der Waals surface area contributed by atoms with Crippen LogP contribution in [-0.4, -0.2) is 31.3 Å². The monoisotopic (exact) mass is 254 g/mol. The first-order valence-corrected chi connectivity index (χ1v) is 6.41. The average Bonchev–Trinajstić information content (AvgIpc) is 2.73. The van der Waals surface area contributed by atoms with Gasteiger partial charge < -0.3 is 9.64 Å². The Morgan fingerprint density at radius 1 is 1.31 bits per heavy atom. The maximum Gasteiger partial charge on any atom is 0.186 e. The molecule has 0 unspecified atom stereocenters. The number of hydrogen-bond acceptors (Lipinski definition) is 4. The molecular formula is C11H11ClN2OS. The highest BCUT2D eigenvalue weighted by molar-refractivity contribution is 7.22. The topological polar surface area (TPSA) is 25.4 Å². The molecule has 1 fully saturated rings. The summed E-state index contributed by atoms with van der Waals surface area (Å²) in [5, 5.41) is 1.81. The highest BCUT2D eigenvalue weighted by Crippen LogP contribution is 2.30. The summed E-state index contributed by atoms with van der Waals surface area (Å²) in [5.74, 6) is 0. The van der Waals surface area contributed by atoms with E-state index in [1.165, 1.54) is 4.70 Å². The Labute approximate surface area is 103 Å². The van der Waals surface area contributed by atoms with Crippen LogP contribution in [0.3, 0.4) is 0 Å². The SMILES string of the molecule is Clc1ccc2sc(N3CCOCC3)nc2c1.